The fourth-order valence-electron chi connectivity index (χ4n) is 3.48. The molecule has 1 unspecified atom stereocenters. The monoisotopic (exact) mass is 325 g/mol. The molecule has 0 saturated carbocycles. The van der Waals surface area contributed by atoms with Gasteiger partial charge in [-0.15, -0.1) is 0 Å². The summed E-state index contributed by atoms with van der Waals surface area (Å²) in [7, 11) is 1.68. The van der Waals surface area contributed by atoms with E-state index in [0.29, 0.717) is 6.10 Å². The molecule has 0 amide bonds. The Kier molecular flexibility index (Phi) is 4.41. The van der Waals surface area contributed by atoms with E-state index in [1.165, 1.54) is 17.5 Å². The summed E-state index contributed by atoms with van der Waals surface area (Å²) < 4.78 is 17.4. The molecule has 0 bridgehead atoms. The Hall–Kier alpha value is -2.04. The smallest absolute Gasteiger partial charge is 0.135 e. The Morgan fingerprint density at radius 2 is 1.92 bits per heavy atom. The van der Waals surface area contributed by atoms with E-state index >= 15 is 0 Å². The van der Waals surface area contributed by atoms with E-state index in [-0.39, 0.29) is 0 Å². The van der Waals surface area contributed by atoms with Crippen LogP contribution in [-0.2, 0) is 17.8 Å². The molecule has 2 heterocycles. The number of ether oxygens (including phenoxy) is 3. The highest BCUT2D eigenvalue weighted by Gasteiger charge is 2.23. The summed E-state index contributed by atoms with van der Waals surface area (Å²) in [6.45, 7) is 3.58. The number of fused-ring (bicyclic) bond motifs is 2. The first-order chi connectivity index (χ1) is 11.8. The van der Waals surface area contributed by atoms with Gasteiger partial charge in [0.05, 0.1) is 13.2 Å². The van der Waals surface area contributed by atoms with Crippen LogP contribution in [0.4, 0.5) is 0 Å². The lowest BCUT2D eigenvalue weighted by atomic mass is 10.1. The first-order valence-electron chi connectivity index (χ1n) is 8.58. The summed E-state index contributed by atoms with van der Waals surface area (Å²) in [6.07, 6.45) is 2.68. The summed E-state index contributed by atoms with van der Waals surface area (Å²) in [5, 5.41) is 0. The first-order valence-corrected chi connectivity index (χ1v) is 8.58. The molecule has 126 valence electrons. The average Bonchev–Trinajstić information content (AvgIpc) is 3.09. The van der Waals surface area contributed by atoms with Crippen LogP contribution in [0.15, 0.2) is 42.5 Å². The first kappa shape index (κ1) is 15.5. The Labute approximate surface area is 142 Å². The van der Waals surface area contributed by atoms with Gasteiger partial charge in [-0.3, -0.25) is 4.90 Å². The maximum absolute atomic E-state index is 6.21. The molecule has 0 aliphatic carbocycles. The molecule has 1 saturated heterocycles. The van der Waals surface area contributed by atoms with Crippen LogP contribution in [0.25, 0.3) is 0 Å². The van der Waals surface area contributed by atoms with Gasteiger partial charge < -0.3 is 14.2 Å². The quantitative estimate of drug-likeness (QED) is 0.854. The van der Waals surface area contributed by atoms with Crippen molar-refractivity contribution in [2.24, 2.45) is 0 Å². The topological polar surface area (TPSA) is 30.9 Å². The van der Waals surface area contributed by atoms with E-state index in [2.05, 4.69) is 23.1 Å². The van der Waals surface area contributed by atoms with Crippen LogP contribution >= 0.6 is 0 Å². The third kappa shape index (κ3) is 3.25. The lowest BCUT2D eigenvalue weighted by molar-refractivity contribution is 0.0668. The Morgan fingerprint density at radius 1 is 1.08 bits per heavy atom. The van der Waals surface area contributed by atoms with Crippen LogP contribution < -0.4 is 9.47 Å². The molecule has 2 aromatic rings. The van der Waals surface area contributed by atoms with Gasteiger partial charge in [0, 0.05) is 43.4 Å². The van der Waals surface area contributed by atoms with Crippen molar-refractivity contribution in [3.05, 3.63) is 53.6 Å². The molecule has 0 radical (unpaired) electrons. The summed E-state index contributed by atoms with van der Waals surface area (Å²) in [4.78, 5) is 2.46. The highest BCUT2D eigenvalue weighted by atomic mass is 16.5. The zero-order chi connectivity index (χ0) is 16.4. The average molecular weight is 325 g/mol. The van der Waals surface area contributed by atoms with Crippen molar-refractivity contribution in [3.8, 4) is 17.2 Å². The van der Waals surface area contributed by atoms with E-state index < -0.39 is 0 Å². The van der Waals surface area contributed by atoms with Crippen molar-refractivity contribution in [1.29, 1.82) is 0 Å². The third-order valence-corrected chi connectivity index (χ3v) is 4.74. The van der Waals surface area contributed by atoms with Gasteiger partial charge in [0.1, 0.15) is 17.2 Å². The fraction of sp³-hybridized carbons (Fsp3) is 0.400. The van der Waals surface area contributed by atoms with Crippen LogP contribution in [0.5, 0.6) is 17.2 Å². The molecular weight excluding hydrogens is 302 g/mol. The van der Waals surface area contributed by atoms with Gasteiger partial charge in [-0.1, -0.05) is 24.3 Å². The van der Waals surface area contributed by atoms with Crippen molar-refractivity contribution in [1.82, 2.24) is 4.90 Å². The molecule has 0 N–H and O–H groups in total. The van der Waals surface area contributed by atoms with Crippen LogP contribution in [0, 0.1) is 0 Å². The summed E-state index contributed by atoms with van der Waals surface area (Å²) >= 11 is 0. The molecular formula is C20H23NO3. The number of nitrogens with zero attached hydrogens (tertiary/aromatic N) is 1. The molecule has 1 fully saturated rings. The second-order valence-electron chi connectivity index (χ2n) is 6.49. The molecule has 24 heavy (non-hydrogen) atoms. The molecule has 0 spiro atoms. The highest BCUT2D eigenvalue weighted by Crippen LogP contribution is 2.35. The minimum Gasteiger partial charge on any atom is -0.497 e. The van der Waals surface area contributed by atoms with E-state index in [4.69, 9.17) is 14.2 Å². The Bertz CT molecular complexity index is 710. The van der Waals surface area contributed by atoms with E-state index in [1.807, 2.05) is 24.3 Å². The molecule has 2 aliphatic heterocycles. The van der Waals surface area contributed by atoms with E-state index in [9.17, 15) is 0 Å². The summed E-state index contributed by atoms with van der Waals surface area (Å²) in [5.74, 6) is 2.61. The summed E-state index contributed by atoms with van der Waals surface area (Å²) in [5.41, 5.74) is 2.40. The second kappa shape index (κ2) is 6.83. The third-order valence-electron chi connectivity index (χ3n) is 4.74. The fourth-order valence-corrected chi connectivity index (χ4v) is 3.48. The standard InChI is InChI=1S/C20H23NO3/c1-22-17-9-8-16-13-21(14-18-6-4-10-23-18)12-15-5-2-3-7-19(15)24-20(16)11-17/h2-3,5,7-9,11,18H,4,6,10,12-14H2,1H3. The van der Waals surface area contributed by atoms with Crippen LogP contribution in [0.2, 0.25) is 0 Å². The molecule has 4 rings (SSSR count). The van der Waals surface area contributed by atoms with Crippen molar-refractivity contribution in [2.45, 2.75) is 32.0 Å². The van der Waals surface area contributed by atoms with Crippen molar-refractivity contribution in [2.75, 3.05) is 20.3 Å². The van der Waals surface area contributed by atoms with Gasteiger partial charge in [-0.25, -0.2) is 0 Å². The maximum atomic E-state index is 6.21. The zero-order valence-electron chi connectivity index (χ0n) is 14.0. The molecule has 0 aromatic heterocycles. The predicted octanol–water partition coefficient (Wildman–Crippen LogP) is 3.98. The van der Waals surface area contributed by atoms with Gasteiger partial charge in [-0.05, 0) is 25.0 Å². The Morgan fingerprint density at radius 3 is 2.71 bits per heavy atom. The van der Waals surface area contributed by atoms with Gasteiger partial charge in [-0.2, -0.15) is 0 Å². The van der Waals surface area contributed by atoms with E-state index in [0.717, 1.165) is 49.9 Å². The number of methoxy groups -OCH3 is 1. The van der Waals surface area contributed by atoms with Gasteiger partial charge in [0.2, 0.25) is 0 Å². The normalized spacial score (nSPS) is 20.5. The second-order valence-corrected chi connectivity index (χ2v) is 6.49. The lowest BCUT2D eigenvalue weighted by Gasteiger charge is -2.29. The van der Waals surface area contributed by atoms with Crippen molar-refractivity contribution in [3.63, 3.8) is 0 Å². The van der Waals surface area contributed by atoms with Gasteiger partial charge in [0.15, 0.2) is 0 Å². The minimum absolute atomic E-state index is 0.346. The Balaban J connectivity index is 1.67. The summed E-state index contributed by atoms with van der Waals surface area (Å²) in [6, 6.07) is 14.3. The minimum atomic E-state index is 0.346. The maximum Gasteiger partial charge on any atom is 0.135 e. The molecule has 4 heteroatoms. The number of hydrogen-bond donors (Lipinski definition) is 0. The van der Waals surface area contributed by atoms with Crippen LogP contribution in [-0.4, -0.2) is 31.3 Å². The van der Waals surface area contributed by atoms with E-state index in [1.54, 1.807) is 7.11 Å². The number of benzene rings is 2. The number of hydrogen-bond acceptors (Lipinski definition) is 4. The predicted molar refractivity (Wildman–Crippen MR) is 92.6 cm³/mol. The van der Waals surface area contributed by atoms with Crippen LogP contribution in [0.1, 0.15) is 24.0 Å². The van der Waals surface area contributed by atoms with Crippen molar-refractivity contribution < 1.29 is 14.2 Å². The van der Waals surface area contributed by atoms with Gasteiger partial charge >= 0.3 is 0 Å². The molecule has 4 nitrogen and oxygen atoms in total. The SMILES string of the molecule is COc1ccc2c(c1)Oc1ccccc1CN(CC1CCCO1)C2. The molecule has 1 atom stereocenters. The number of rotatable bonds is 3. The molecule has 2 aliphatic rings. The van der Waals surface area contributed by atoms with Crippen molar-refractivity contribution >= 4 is 0 Å². The lowest BCUT2D eigenvalue weighted by Crippen LogP contribution is -2.32. The molecule has 2 aromatic carbocycles. The highest BCUT2D eigenvalue weighted by molar-refractivity contribution is 5.46. The van der Waals surface area contributed by atoms with Crippen LogP contribution in [0.3, 0.4) is 0 Å². The number of para-hydroxylation sites is 1. The zero-order valence-corrected chi connectivity index (χ0v) is 14.0. The van der Waals surface area contributed by atoms with Gasteiger partial charge in [0.25, 0.3) is 0 Å². The largest absolute Gasteiger partial charge is 0.497 e.